The van der Waals surface area contributed by atoms with Gasteiger partial charge in [-0.15, -0.1) is 0 Å². The normalized spacial score (nSPS) is 11.1. The van der Waals surface area contributed by atoms with Crippen molar-refractivity contribution in [3.8, 4) is 22.6 Å². The summed E-state index contributed by atoms with van der Waals surface area (Å²) in [5.74, 6) is 0.412. The maximum Gasteiger partial charge on any atom is 0.707 e. The van der Waals surface area contributed by atoms with Crippen LogP contribution in [0.4, 0.5) is 0 Å². The second-order valence-corrected chi connectivity index (χ2v) is 6.89. The molecule has 0 aliphatic rings. The van der Waals surface area contributed by atoms with Crippen molar-refractivity contribution in [2.24, 2.45) is 0 Å². The summed E-state index contributed by atoms with van der Waals surface area (Å²) in [6, 6.07) is 32.5. The molecule has 0 aliphatic carbocycles. The third kappa shape index (κ3) is 3.16. The van der Waals surface area contributed by atoms with Gasteiger partial charge < -0.3 is 19.3 Å². The van der Waals surface area contributed by atoms with Gasteiger partial charge >= 0.3 is 7.32 Å². The molecule has 0 bridgehead atoms. The molecule has 140 valence electrons. The molecular formula is C24H18BNO3. The van der Waals surface area contributed by atoms with E-state index in [0.29, 0.717) is 5.75 Å². The van der Waals surface area contributed by atoms with Crippen LogP contribution in [0.25, 0.3) is 38.6 Å². The molecule has 0 saturated heterocycles. The van der Waals surface area contributed by atoms with E-state index in [1.165, 1.54) is 11.1 Å². The Morgan fingerprint density at radius 2 is 1.28 bits per heavy atom. The molecule has 2 N–H and O–H groups in total. The smallest absolute Gasteiger partial charge is 0.512 e. The van der Waals surface area contributed by atoms with E-state index in [-0.39, 0.29) is 0 Å². The van der Waals surface area contributed by atoms with Gasteiger partial charge in [-0.25, -0.2) is 0 Å². The standard InChI is InChI=1S/C24H18BNO3/c27-25(28)29-20-14-15-24-22(16-20)21-8-4-5-9-23(21)26(24)19-12-10-18(11-13-19)17-6-2-1-3-7-17/h1-16,27-28H. The van der Waals surface area contributed by atoms with Crippen molar-refractivity contribution in [3.05, 3.63) is 97.1 Å². The van der Waals surface area contributed by atoms with Gasteiger partial charge in [-0.1, -0.05) is 60.7 Å². The predicted molar refractivity (Wildman–Crippen MR) is 117 cm³/mol. The fourth-order valence-corrected chi connectivity index (χ4v) is 3.86. The summed E-state index contributed by atoms with van der Waals surface area (Å²) in [6.45, 7) is 0. The molecule has 1 aromatic heterocycles. The number of fused-ring (bicyclic) bond motifs is 3. The van der Waals surface area contributed by atoms with Gasteiger partial charge in [-0.2, -0.15) is 0 Å². The highest BCUT2D eigenvalue weighted by Crippen LogP contribution is 2.34. The monoisotopic (exact) mass is 379 g/mol. The van der Waals surface area contributed by atoms with Crippen LogP contribution in [-0.2, 0) is 0 Å². The van der Waals surface area contributed by atoms with Crippen LogP contribution < -0.4 is 4.65 Å². The molecule has 0 atom stereocenters. The first-order valence-electron chi connectivity index (χ1n) is 9.42. The molecule has 0 unspecified atom stereocenters. The van der Waals surface area contributed by atoms with Crippen LogP contribution in [-0.4, -0.2) is 21.9 Å². The van der Waals surface area contributed by atoms with Gasteiger partial charge in [0.2, 0.25) is 0 Å². The summed E-state index contributed by atoms with van der Waals surface area (Å²) >= 11 is 0. The van der Waals surface area contributed by atoms with Gasteiger partial charge in [0.15, 0.2) is 0 Å². The number of benzene rings is 4. The van der Waals surface area contributed by atoms with Crippen LogP contribution in [0.2, 0.25) is 0 Å². The van der Waals surface area contributed by atoms with Crippen molar-refractivity contribution >= 4 is 29.1 Å². The highest BCUT2D eigenvalue weighted by Gasteiger charge is 2.15. The molecule has 4 nitrogen and oxygen atoms in total. The Bertz CT molecular complexity index is 1290. The van der Waals surface area contributed by atoms with Crippen molar-refractivity contribution in [3.63, 3.8) is 0 Å². The number of aromatic nitrogens is 1. The number of para-hydroxylation sites is 1. The minimum absolute atomic E-state index is 0.412. The average molecular weight is 379 g/mol. The third-order valence-corrected chi connectivity index (χ3v) is 5.12. The highest BCUT2D eigenvalue weighted by molar-refractivity contribution is 6.33. The Labute approximate surface area is 168 Å². The molecule has 0 radical (unpaired) electrons. The quantitative estimate of drug-likeness (QED) is 0.441. The Morgan fingerprint density at radius 1 is 0.621 bits per heavy atom. The number of rotatable bonds is 4. The zero-order chi connectivity index (χ0) is 19.8. The SMILES string of the molecule is OB(O)Oc1ccc2c(c1)c1ccccc1n2-c1ccc(-c2ccccc2)cc1. The second-order valence-electron chi connectivity index (χ2n) is 6.89. The number of nitrogens with zero attached hydrogens (tertiary/aromatic N) is 1. The molecule has 5 rings (SSSR count). The third-order valence-electron chi connectivity index (χ3n) is 5.12. The lowest BCUT2D eigenvalue weighted by molar-refractivity contribution is 0.288. The van der Waals surface area contributed by atoms with Crippen molar-refractivity contribution in [2.45, 2.75) is 0 Å². The van der Waals surface area contributed by atoms with Gasteiger partial charge in [0.1, 0.15) is 5.75 Å². The summed E-state index contributed by atoms with van der Waals surface area (Å²) in [7, 11) is -1.84. The summed E-state index contributed by atoms with van der Waals surface area (Å²) in [5, 5.41) is 20.3. The first kappa shape index (κ1) is 17.6. The first-order valence-corrected chi connectivity index (χ1v) is 9.42. The maximum absolute atomic E-state index is 9.12. The van der Waals surface area contributed by atoms with Crippen LogP contribution in [0, 0.1) is 0 Å². The lowest BCUT2D eigenvalue weighted by Gasteiger charge is -2.10. The molecule has 29 heavy (non-hydrogen) atoms. The van der Waals surface area contributed by atoms with Gasteiger partial charge in [-0.05, 0) is 47.5 Å². The second kappa shape index (κ2) is 7.13. The number of hydrogen-bond acceptors (Lipinski definition) is 3. The molecule has 0 spiro atoms. The molecule has 0 amide bonds. The van der Waals surface area contributed by atoms with E-state index in [0.717, 1.165) is 27.5 Å². The molecule has 0 saturated carbocycles. The average Bonchev–Trinajstić information content (AvgIpc) is 3.08. The summed E-state index contributed by atoms with van der Waals surface area (Å²) in [5.41, 5.74) is 5.52. The van der Waals surface area contributed by atoms with Crippen LogP contribution >= 0.6 is 0 Å². The zero-order valence-electron chi connectivity index (χ0n) is 15.6. The Hall–Kier alpha value is -3.54. The van der Waals surface area contributed by atoms with Gasteiger partial charge in [0.25, 0.3) is 0 Å². The van der Waals surface area contributed by atoms with Gasteiger partial charge in [0, 0.05) is 16.5 Å². The van der Waals surface area contributed by atoms with Crippen molar-refractivity contribution in [1.82, 2.24) is 4.57 Å². The molecule has 0 fully saturated rings. The molecular weight excluding hydrogens is 361 g/mol. The van der Waals surface area contributed by atoms with E-state index in [1.807, 2.05) is 42.5 Å². The van der Waals surface area contributed by atoms with Crippen molar-refractivity contribution in [1.29, 1.82) is 0 Å². The fraction of sp³-hybridized carbons (Fsp3) is 0. The van der Waals surface area contributed by atoms with Crippen molar-refractivity contribution < 1.29 is 14.7 Å². The lowest BCUT2D eigenvalue weighted by atomic mass is 10.1. The van der Waals surface area contributed by atoms with E-state index in [9.17, 15) is 0 Å². The Kier molecular flexibility index (Phi) is 4.32. The van der Waals surface area contributed by atoms with E-state index in [1.54, 1.807) is 6.07 Å². The summed E-state index contributed by atoms with van der Waals surface area (Å²) < 4.78 is 7.26. The minimum Gasteiger partial charge on any atom is -0.512 e. The van der Waals surface area contributed by atoms with Gasteiger partial charge in [-0.3, -0.25) is 0 Å². The van der Waals surface area contributed by atoms with E-state index in [4.69, 9.17) is 14.7 Å². The Balaban J connectivity index is 1.67. The summed E-state index contributed by atoms with van der Waals surface area (Å²) in [4.78, 5) is 0. The topological polar surface area (TPSA) is 54.6 Å². The zero-order valence-corrected chi connectivity index (χ0v) is 15.6. The van der Waals surface area contributed by atoms with E-state index in [2.05, 4.69) is 53.1 Å². The van der Waals surface area contributed by atoms with Crippen LogP contribution in [0.15, 0.2) is 97.1 Å². The molecule has 0 aliphatic heterocycles. The van der Waals surface area contributed by atoms with E-state index >= 15 is 0 Å². The fourth-order valence-electron chi connectivity index (χ4n) is 3.86. The molecule has 4 aromatic carbocycles. The molecule has 1 heterocycles. The molecule has 5 heteroatoms. The number of hydrogen-bond donors (Lipinski definition) is 2. The lowest BCUT2D eigenvalue weighted by Crippen LogP contribution is -2.20. The highest BCUT2D eigenvalue weighted by atomic mass is 16.6. The van der Waals surface area contributed by atoms with Crippen LogP contribution in [0.1, 0.15) is 0 Å². The first-order chi connectivity index (χ1) is 14.2. The van der Waals surface area contributed by atoms with E-state index < -0.39 is 7.32 Å². The largest absolute Gasteiger partial charge is 0.707 e. The Morgan fingerprint density at radius 3 is 2.03 bits per heavy atom. The molecule has 5 aromatic rings. The maximum atomic E-state index is 9.12. The van der Waals surface area contributed by atoms with Gasteiger partial charge in [0.05, 0.1) is 11.0 Å². The van der Waals surface area contributed by atoms with Crippen molar-refractivity contribution in [2.75, 3.05) is 0 Å². The van der Waals surface area contributed by atoms with Crippen LogP contribution in [0.3, 0.4) is 0 Å². The van der Waals surface area contributed by atoms with Crippen LogP contribution in [0.5, 0.6) is 5.75 Å². The predicted octanol–water partition coefficient (Wildman–Crippen LogP) is 4.80. The minimum atomic E-state index is -1.84. The summed E-state index contributed by atoms with van der Waals surface area (Å²) in [6.07, 6.45) is 0.